The molecule has 2 heterocycles. The fourth-order valence-corrected chi connectivity index (χ4v) is 5.35. The van der Waals surface area contributed by atoms with E-state index in [0.717, 1.165) is 22.9 Å². The lowest BCUT2D eigenvalue weighted by atomic mass is 9.89. The van der Waals surface area contributed by atoms with Gasteiger partial charge in [-0.3, -0.25) is 9.59 Å². The van der Waals surface area contributed by atoms with Gasteiger partial charge in [0.1, 0.15) is 23.4 Å². The number of hydrogen-bond acceptors (Lipinski definition) is 6. The molecule has 41 heavy (non-hydrogen) atoms. The number of nitrogens with one attached hydrogen (secondary N) is 1. The summed E-state index contributed by atoms with van der Waals surface area (Å²) in [4.78, 5) is 34.3. The first-order valence-corrected chi connectivity index (χ1v) is 13.6. The minimum Gasteiger partial charge on any atom is -0.367 e. The largest absolute Gasteiger partial charge is 0.367 e. The average molecular weight is 577 g/mol. The van der Waals surface area contributed by atoms with Gasteiger partial charge in [0.15, 0.2) is 11.6 Å². The molecule has 0 aliphatic carbocycles. The Morgan fingerprint density at radius 1 is 0.927 bits per heavy atom. The van der Waals surface area contributed by atoms with Gasteiger partial charge in [-0.25, -0.2) is 18.4 Å². The molecule has 0 radical (unpaired) electrons. The number of rotatable bonds is 7. The summed E-state index contributed by atoms with van der Waals surface area (Å²) in [5.74, 6) is -5.96. The number of sulfonamides is 1. The SMILES string of the molecule is Cc1cc(C)n(C(N)=NS(=O)(=O)c2cccc(C(=O)C(C(=O)c3cc(F)cc(F)c3)c3nc4ccccc4[nH]3)c2)n1. The number of imidazole rings is 1. The summed E-state index contributed by atoms with van der Waals surface area (Å²) >= 11 is 0. The highest BCUT2D eigenvalue weighted by Crippen LogP contribution is 2.28. The predicted octanol–water partition coefficient (Wildman–Crippen LogP) is 4.06. The number of fused-ring (bicyclic) bond motifs is 1. The Bertz CT molecular complexity index is 1930. The first-order valence-electron chi connectivity index (χ1n) is 12.2. The Morgan fingerprint density at radius 2 is 1.61 bits per heavy atom. The van der Waals surface area contributed by atoms with Crippen molar-refractivity contribution < 1.29 is 26.8 Å². The lowest BCUT2D eigenvalue weighted by Crippen LogP contribution is -2.26. The number of Topliss-reactive ketones (excluding diaryl/α,β-unsaturated/α-hetero) is 2. The molecule has 10 nitrogen and oxygen atoms in total. The van der Waals surface area contributed by atoms with Crippen molar-refractivity contribution in [1.82, 2.24) is 19.7 Å². The number of ketones is 2. The van der Waals surface area contributed by atoms with Crippen LogP contribution in [0.2, 0.25) is 0 Å². The number of hydrogen-bond donors (Lipinski definition) is 2. The van der Waals surface area contributed by atoms with E-state index in [4.69, 9.17) is 5.73 Å². The van der Waals surface area contributed by atoms with Crippen LogP contribution in [0.5, 0.6) is 0 Å². The van der Waals surface area contributed by atoms with Crippen LogP contribution in [-0.4, -0.2) is 45.7 Å². The van der Waals surface area contributed by atoms with Crippen LogP contribution < -0.4 is 5.73 Å². The first-order chi connectivity index (χ1) is 19.4. The number of carbonyl (C=O) groups excluding carboxylic acids is 2. The molecule has 208 valence electrons. The molecular formula is C28H22F2N6O4S. The standard InChI is InChI=1S/C28H22F2N6O4S/c1-15-10-16(2)36(34-15)28(31)35-41(39,40)21-7-5-6-17(13-21)25(37)24(26(38)18-11-19(29)14-20(30)12-18)27-32-22-8-3-4-9-23(22)33-27/h3-14,24H,1-2H3,(H2,31,35)(H,32,33). The lowest BCUT2D eigenvalue weighted by Gasteiger charge is -2.14. The topological polar surface area (TPSA) is 153 Å². The molecule has 5 aromatic rings. The van der Waals surface area contributed by atoms with Crippen LogP contribution in [0.15, 0.2) is 82.1 Å². The Morgan fingerprint density at radius 3 is 2.27 bits per heavy atom. The van der Waals surface area contributed by atoms with Crippen molar-refractivity contribution in [3.8, 4) is 0 Å². The van der Waals surface area contributed by atoms with E-state index in [2.05, 4.69) is 19.5 Å². The first kappa shape index (κ1) is 27.5. The number of para-hydroxylation sites is 2. The number of nitrogens with two attached hydrogens (primary N) is 1. The van der Waals surface area contributed by atoms with Crippen LogP contribution in [0.25, 0.3) is 11.0 Å². The van der Waals surface area contributed by atoms with Crippen molar-refractivity contribution in [3.05, 3.63) is 113 Å². The molecule has 0 fully saturated rings. The van der Waals surface area contributed by atoms with Gasteiger partial charge in [-0.1, -0.05) is 24.3 Å². The third-order valence-electron chi connectivity index (χ3n) is 6.21. The predicted molar refractivity (Wildman–Crippen MR) is 146 cm³/mol. The molecule has 2 aromatic heterocycles. The smallest absolute Gasteiger partial charge is 0.285 e. The highest BCUT2D eigenvalue weighted by atomic mass is 32.2. The minimum absolute atomic E-state index is 0.0778. The van der Waals surface area contributed by atoms with Gasteiger partial charge in [0.2, 0.25) is 5.96 Å². The molecule has 5 rings (SSSR count). The zero-order valence-electron chi connectivity index (χ0n) is 21.7. The Hall–Kier alpha value is -5.04. The van der Waals surface area contributed by atoms with E-state index in [-0.39, 0.29) is 16.3 Å². The van der Waals surface area contributed by atoms with E-state index in [9.17, 15) is 26.8 Å². The summed E-state index contributed by atoms with van der Waals surface area (Å²) < 4.78 is 59.0. The molecule has 0 bridgehead atoms. The summed E-state index contributed by atoms with van der Waals surface area (Å²) in [5.41, 5.74) is 7.46. The van der Waals surface area contributed by atoms with Gasteiger partial charge in [-0.05, 0) is 56.3 Å². The molecule has 1 atom stereocenters. The highest BCUT2D eigenvalue weighted by molar-refractivity contribution is 7.90. The van der Waals surface area contributed by atoms with Crippen LogP contribution in [0.1, 0.15) is 43.8 Å². The zero-order valence-corrected chi connectivity index (χ0v) is 22.5. The molecule has 1 unspecified atom stereocenters. The highest BCUT2D eigenvalue weighted by Gasteiger charge is 2.34. The molecule has 3 N–H and O–H groups in total. The van der Waals surface area contributed by atoms with Gasteiger partial charge >= 0.3 is 0 Å². The van der Waals surface area contributed by atoms with E-state index in [1.807, 2.05) is 0 Å². The Balaban J connectivity index is 1.58. The van der Waals surface area contributed by atoms with E-state index >= 15 is 0 Å². The maximum Gasteiger partial charge on any atom is 0.285 e. The number of H-pyrrole nitrogens is 1. The number of carbonyl (C=O) groups is 2. The fourth-order valence-electron chi connectivity index (χ4n) is 4.39. The van der Waals surface area contributed by atoms with Gasteiger partial charge in [0.25, 0.3) is 10.0 Å². The average Bonchev–Trinajstić information content (AvgIpc) is 3.50. The van der Waals surface area contributed by atoms with E-state index < -0.39 is 50.7 Å². The van der Waals surface area contributed by atoms with Crippen LogP contribution in [0, 0.1) is 25.5 Å². The van der Waals surface area contributed by atoms with Crippen molar-refractivity contribution in [2.75, 3.05) is 0 Å². The van der Waals surface area contributed by atoms with Gasteiger partial charge in [-0.2, -0.15) is 13.5 Å². The third kappa shape index (κ3) is 5.52. The second-order valence-corrected chi connectivity index (χ2v) is 10.9. The van der Waals surface area contributed by atoms with Crippen molar-refractivity contribution in [3.63, 3.8) is 0 Å². The van der Waals surface area contributed by atoms with Crippen LogP contribution >= 0.6 is 0 Å². The number of halogens is 2. The zero-order chi connectivity index (χ0) is 29.5. The molecule has 0 saturated carbocycles. The maximum atomic E-state index is 14.0. The third-order valence-corrected chi connectivity index (χ3v) is 7.49. The molecule has 13 heteroatoms. The van der Waals surface area contributed by atoms with E-state index in [1.54, 1.807) is 44.2 Å². The number of benzene rings is 3. The molecule has 0 aliphatic rings. The quantitative estimate of drug-likeness (QED) is 0.128. The number of aromatic nitrogens is 4. The van der Waals surface area contributed by atoms with Gasteiger partial charge in [0, 0.05) is 22.9 Å². The second kappa shape index (κ2) is 10.5. The van der Waals surface area contributed by atoms with Crippen molar-refractivity contribution >= 4 is 38.6 Å². The van der Waals surface area contributed by atoms with Crippen LogP contribution in [0.4, 0.5) is 8.78 Å². The fraction of sp³-hybridized carbons (Fsp3) is 0.107. The van der Waals surface area contributed by atoms with Crippen molar-refractivity contribution in [1.29, 1.82) is 0 Å². The molecule has 0 aliphatic heterocycles. The van der Waals surface area contributed by atoms with E-state index in [0.29, 0.717) is 28.5 Å². The molecule has 0 saturated heterocycles. The molecular weight excluding hydrogens is 554 g/mol. The van der Waals surface area contributed by atoms with E-state index in [1.165, 1.54) is 18.2 Å². The van der Waals surface area contributed by atoms with Crippen LogP contribution in [-0.2, 0) is 10.0 Å². The second-order valence-electron chi connectivity index (χ2n) is 9.25. The van der Waals surface area contributed by atoms with Gasteiger partial charge < -0.3 is 10.7 Å². The molecule has 0 amide bonds. The monoisotopic (exact) mass is 576 g/mol. The van der Waals surface area contributed by atoms with Crippen molar-refractivity contribution in [2.24, 2.45) is 10.1 Å². The normalized spacial score (nSPS) is 12.9. The number of aromatic amines is 1. The van der Waals surface area contributed by atoms with Crippen LogP contribution in [0.3, 0.4) is 0 Å². The lowest BCUT2D eigenvalue weighted by molar-refractivity contribution is 0.0855. The number of nitrogens with zero attached hydrogens (tertiary/aromatic N) is 4. The van der Waals surface area contributed by atoms with Gasteiger partial charge in [0.05, 0.1) is 21.6 Å². The number of aryl methyl sites for hydroxylation is 2. The summed E-state index contributed by atoms with van der Waals surface area (Å²) in [6, 6.07) is 15.5. The maximum absolute atomic E-state index is 14.0. The Kier molecular flexibility index (Phi) is 7.05. The summed E-state index contributed by atoms with van der Waals surface area (Å²) in [6.45, 7) is 3.38. The minimum atomic E-state index is -4.42. The summed E-state index contributed by atoms with van der Waals surface area (Å²) in [5, 5.41) is 4.11. The summed E-state index contributed by atoms with van der Waals surface area (Å²) in [7, 11) is -4.42. The summed E-state index contributed by atoms with van der Waals surface area (Å²) in [6.07, 6.45) is 0. The molecule has 3 aromatic carbocycles. The van der Waals surface area contributed by atoms with Crippen molar-refractivity contribution in [2.45, 2.75) is 24.7 Å². The van der Waals surface area contributed by atoms with Gasteiger partial charge in [-0.15, -0.1) is 4.40 Å². The Labute approximate surface area is 232 Å². The molecule has 0 spiro atoms.